The van der Waals surface area contributed by atoms with Gasteiger partial charge in [0, 0.05) is 17.9 Å². The predicted molar refractivity (Wildman–Crippen MR) is 128 cm³/mol. The molecule has 0 aliphatic carbocycles. The first kappa shape index (κ1) is 20.8. The second-order valence-electron chi connectivity index (χ2n) is 8.22. The Morgan fingerprint density at radius 1 is 1.00 bits per heavy atom. The summed E-state index contributed by atoms with van der Waals surface area (Å²) in [7, 11) is 1.63. The molecule has 0 saturated carbocycles. The maximum absolute atomic E-state index is 12.4. The van der Waals surface area contributed by atoms with Gasteiger partial charge in [0.2, 0.25) is 5.91 Å². The molecule has 2 heterocycles. The highest BCUT2D eigenvalue weighted by atomic mass is 16.5. The van der Waals surface area contributed by atoms with E-state index >= 15 is 0 Å². The number of fused-ring (bicyclic) bond motifs is 1. The number of carbonyl (C=O) groups is 1. The van der Waals surface area contributed by atoms with Gasteiger partial charge in [-0.2, -0.15) is 5.10 Å². The van der Waals surface area contributed by atoms with Crippen LogP contribution in [-0.2, 0) is 11.4 Å². The zero-order valence-corrected chi connectivity index (χ0v) is 18.6. The molecule has 6 nitrogen and oxygen atoms in total. The molecule has 0 spiro atoms. The molecule has 3 aromatic carbocycles. The third-order valence-corrected chi connectivity index (χ3v) is 5.97. The number of methoxy groups -OCH3 is 1. The van der Waals surface area contributed by atoms with Crippen molar-refractivity contribution in [3.05, 3.63) is 95.1 Å². The number of anilines is 1. The Labute approximate surface area is 192 Å². The van der Waals surface area contributed by atoms with Crippen molar-refractivity contribution in [3.8, 4) is 22.8 Å². The minimum absolute atomic E-state index is 0.0581. The number of rotatable bonds is 6. The lowest BCUT2D eigenvalue weighted by Crippen LogP contribution is -2.23. The van der Waals surface area contributed by atoms with Crippen molar-refractivity contribution >= 4 is 11.7 Å². The molecule has 1 aromatic heterocycles. The van der Waals surface area contributed by atoms with Crippen molar-refractivity contribution < 1.29 is 14.3 Å². The molecule has 1 amide bonds. The van der Waals surface area contributed by atoms with Gasteiger partial charge in [-0.15, -0.1) is 0 Å². The number of hydrogen-bond donors (Lipinski definition) is 2. The summed E-state index contributed by atoms with van der Waals surface area (Å²) in [5.41, 5.74) is 6.20. The fourth-order valence-corrected chi connectivity index (χ4v) is 4.23. The third kappa shape index (κ3) is 4.20. The van der Waals surface area contributed by atoms with Crippen LogP contribution in [0.2, 0.25) is 0 Å². The quantitative estimate of drug-likeness (QED) is 0.419. The lowest BCUT2D eigenvalue weighted by molar-refractivity contribution is -0.116. The van der Waals surface area contributed by atoms with E-state index in [-0.39, 0.29) is 11.8 Å². The number of aromatic amines is 1. The SMILES string of the molecule is COc1cc([C@@H]2CC(=O)Nc3n[nH]c(-c4ccccc4)c32)ccc1OCc1ccc(C)cc1. The van der Waals surface area contributed by atoms with E-state index in [2.05, 4.69) is 46.7 Å². The van der Waals surface area contributed by atoms with Gasteiger partial charge in [-0.3, -0.25) is 9.89 Å². The maximum atomic E-state index is 12.4. The van der Waals surface area contributed by atoms with E-state index in [1.54, 1.807) is 7.11 Å². The summed E-state index contributed by atoms with van der Waals surface area (Å²) in [5, 5.41) is 10.4. The van der Waals surface area contributed by atoms with Crippen LogP contribution in [0.3, 0.4) is 0 Å². The van der Waals surface area contributed by atoms with E-state index in [1.165, 1.54) is 5.56 Å². The molecule has 1 atom stereocenters. The van der Waals surface area contributed by atoms with Crippen LogP contribution >= 0.6 is 0 Å². The predicted octanol–water partition coefficient (Wildman–Crippen LogP) is 5.45. The van der Waals surface area contributed by atoms with Gasteiger partial charge in [-0.25, -0.2) is 0 Å². The van der Waals surface area contributed by atoms with Crippen molar-refractivity contribution in [2.75, 3.05) is 12.4 Å². The number of nitrogens with one attached hydrogen (secondary N) is 2. The average Bonchev–Trinajstić information content (AvgIpc) is 3.27. The first-order chi connectivity index (χ1) is 16.1. The lowest BCUT2D eigenvalue weighted by Gasteiger charge is -2.24. The highest BCUT2D eigenvalue weighted by Gasteiger charge is 2.32. The summed E-state index contributed by atoms with van der Waals surface area (Å²) in [4.78, 5) is 12.4. The molecule has 5 rings (SSSR count). The maximum Gasteiger partial charge on any atom is 0.226 e. The molecule has 0 bridgehead atoms. The number of benzene rings is 3. The largest absolute Gasteiger partial charge is 0.493 e. The van der Waals surface area contributed by atoms with E-state index in [1.807, 2.05) is 48.5 Å². The number of aryl methyl sites for hydroxylation is 1. The molecule has 1 aliphatic rings. The van der Waals surface area contributed by atoms with Gasteiger partial charge >= 0.3 is 0 Å². The molecule has 6 heteroatoms. The molecule has 0 fully saturated rings. The Kier molecular flexibility index (Phi) is 5.57. The van der Waals surface area contributed by atoms with Crippen LogP contribution in [0.15, 0.2) is 72.8 Å². The topological polar surface area (TPSA) is 76.2 Å². The lowest BCUT2D eigenvalue weighted by atomic mass is 9.84. The molecule has 1 aliphatic heterocycles. The molecule has 0 saturated heterocycles. The van der Waals surface area contributed by atoms with E-state index < -0.39 is 0 Å². The van der Waals surface area contributed by atoms with Crippen molar-refractivity contribution in [1.29, 1.82) is 0 Å². The Hall–Kier alpha value is -4.06. The van der Waals surface area contributed by atoms with Gasteiger partial charge in [0.15, 0.2) is 17.3 Å². The summed E-state index contributed by atoms with van der Waals surface area (Å²) in [5.74, 6) is 1.67. The summed E-state index contributed by atoms with van der Waals surface area (Å²) >= 11 is 0. The smallest absolute Gasteiger partial charge is 0.226 e. The number of nitrogens with zero attached hydrogens (tertiary/aromatic N) is 1. The second-order valence-corrected chi connectivity index (χ2v) is 8.22. The summed E-state index contributed by atoms with van der Waals surface area (Å²) in [6.07, 6.45) is 0.332. The van der Waals surface area contributed by atoms with Gasteiger partial charge in [0.1, 0.15) is 6.61 Å². The Morgan fingerprint density at radius 2 is 1.79 bits per heavy atom. The number of amides is 1. The van der Waals surface area contributed by atoms with Crippen LogP contribution in [0, 0.1) is 6.92 Å². The fraction of sp³-hybridized carbons (Fsp3) is 0.185. The van der Waals surface area contributed by atoms with Gasteiger partial charge in [-0.05, 0) is 35.7 Å². The Bertz CT molecular complexity index is 1280. The molecule has 2 N–H and O–H groups in total. The van der Waals surface area contributed by atoms with Crippen LogP contribution in [-0.4, -0.2) is 23.2 Å². The van der Waals surface area contributed by atoms with Crippen molar-refractivity contribution in [2.45, 2.75) is 25.9 Å². The second kappa shape index (κ2) is 8.82. The third-order valence-electron chi connectivity index (χ3n) is 5.97. The molecular formula is C27H25N3O3. The fourth-order valence-electron chi connectivity index (χ4n) is 4.23. The average molecular weight is 440 g/mol. The molecular weight excluding hydrogens is 414 g/mol. The number of carbonyl (C=O) groups excluding carboxylic acids is 1. The summed E-state index contributed by atoms with van der Waals surface area (Å²) in [6.45, 7) is 2.51. The van der Waals surface area contributed by atoms with Crippen LogP contribution in [0.25, 0.3) is 11.3 Å². The number of ether oxygens (including phenoxy) is 2. The summed E-state index contributed by atoms with van der Waals surface area (Å²) < 4.78 is 11.7. The monoisotopic (exact) mass is 439 g/mol. The van der Waals surface area contributed by atoms with Crippen molar-refractivity contribution in [3.63, 3.8) is 0 Å². The number of hydrogen-bond acceptors (Lipinski definition) is 4. The first-order valence-electron chi connectivity index (χ1n) is 10.9. The van der Waals surface area contributed by atoms with Gasteiger partial charge in [0.05, 0.1) is 12.8 Å². The first-order valence-corrected chi connectivity index (χ1v) is 10.9. The Balaban J connectivity index is 1.47. The van der Waals surface area contributed by atoms with E-state index in [0.29, 0.717) is 30.3 Å². The highest BCUT2D eigenvalue weighted by Crippen LogP contribution is 2.43. The van der Waals surface area contributed by atoms with Crippen LogP contribution in [0.5, 0.6) is 11.5 Å². The molecule has 4 aromatic rings. The normalized spacial score (nSPS) is 15.0. The summed E-state index contributed by atoms with van der Waals surface area (Å²) in [6, 6.07) is 24.1. The minimum atomic E-state index is -0.150. The van der Waals surface area contributed by atoms with Crippen LogP contribution in [0.1, 0.15) is 34.6 Å². The number of H-pyrrole nitrogens is 1. The number of aromatic nitrogens is 2. The van der Waals surface area contributed by atoms with Crippen molar-refractivity contribution in [1.82, 2.24) is 10.2 Å². The van der Waals surface area contributed by atoms with E-state index in [4.69, 9.17) is 9.47 Å². The Morgan fingerprint density at radius 3 is 2.55 bits per heavy atom. The van der Waals surface area contributed by atoms with Crippen molar-refractivity contribution in [2.24, 2.45) is 0 Å². The van der Waals surface area contributed by atoms with E-state index in [0.717, 1.165) is 27.9 Å². The van der Waals surface area contributed by atoms with Crippen LogP contribution in [0.4, 0.5) is 5.82 Å². The van der Waals surface area contributed by atoms with Crippen LogP contribution < -0.4 is 14.8 Å². The zero-order chi connectivity index (χ0) is 22.8. The standard InChI is InChI=1S/C27H25N3O3/c1-17-8-10-18(11-9-17)16-33-22-13-12-20(14-23(22)32-2)21-15-24(31)28-27-25(21)26(29-30-27)19-6-4-3-5-7-19/h3-14,21H,15-16H2,1-2H3,(H2,28,29,30,31)/t21-/m0/s1. The molecule has 166 valence electrons. The van der Waals surface area contributed by atoms with Gasteiger partial charge < -0.3 is 14.8 Å². The molecule has 0 unspecified atom stereocenters. The molecule has 33 heavy (non-hydrogen) atoms. The molecule has 0 radical (unpaired) electrons. The minimum Gasteiger partial charge on any atom is -0.493 e. The van der Waals surface area contributed by atoms with Gasteiger partial charge in [-0.1, -0.05) is 66.2 Å². The van der Waals surface area contributed by atoms with E-state index in [9.17, 15) is 4.79 Å². The zero-order valence-electron chi connectivity index (χ0n) is 18.6. The highest BCUT2D eigenvalue weighted by molar-refractivity contribution is 5.96. The van der Waals surface area contributed by atoms with Gasteiger partial charge in [0.25, 0.3) is 0 Å².